The van der Waals surface area contributed by atoms with Gasteiger partial charge in [0, 0.05) is 8.35 Å². The zero-order chi connectivity index (χ0) is 6.41. The molecule has 0 fully saturated rings. The first-order valence-corrected chi connectivity index (χ1v) is 5.78. The Bertz CT molecular complexity index is 45.8. The van der Waals surface area contributed by atoms with Gasteiger partial charge in [-0.05, 0) is 6.42 Å². The zero-order valence-corrected chi connectivity index (χ0v) is 9.48. The van der Waals surface area contributed by atoms with Crippen LogP contribution in [0.15, 0.2) is 0 Å². The van der Waals surface area contributed by atoms with Gasteiger partial charge < -0.3 is 0 Å². The van der Waals surface area contributed by atoms with Crippen molar-refractivity contribution in [3.63, 3.8) is 0 Å². The number of hydrogen-bond acceptors (Lipinski definition) is 0. The molecule has 0 heterocycles. The molecule has 0 aromatic rings. The van der Waals surface area contributed by atoms with Crippen LogP contribution in [-0.4, -0.2) is 8.35 Å². The summed E-state index contributed by atoms with van der Waals surface area (Å²) in [4.78, 5) is 0. The van der Waals surface area contributed by atoms with E-state index in [4.69, 9.17) is 0 Å². The lowest BCUT2D eigenvalue weighted by Gasteiger charge is -2.01. The van der Waals surface area contributed by atoms with E-state index in [0.717, 1.165) is 3.92 Å². The number of hydrogen-bond donors (Lipinski definition) is 0. The Morgan fingerprint density at radius 3 is 2.50 bits per heavy atom. The molecule has 0 aliphatic carbocycles. The van der Waals surface area contributed by atoms with Gasteiger partial charge in [-0.3, -0.25) is 0 Å². The Morgan fingerprint density at radius 2 is 2.12 bits per heavy atom. The van der Waals surface area contributed by atoms with Gasteiger partial charge >= 0.3 is 0 Å². The monoisotopic (exact) mass is 338 g/mol. The summed E-state index contributed by atoms with van der Waals surface area (Å²) in [5.41, 5.74) is 0. The van der Waals surface area contributed by atoms with Crippen LogP contribution >= 0.6 is 45.2 Å². The number of alkyl halides is 2. The van der Waals surface area contributed by atoms with Crippen molar-refractivity contribution in [3.8, 4) is 0 Å². The minimum Gasteiger partial charge on any atom is -0.0852 e. The maximum Gasteiger partial charge on any atom is 0.0199 e. The van der Waals surface area contributed by atoms with Crippen molar-refractivity contribution in [2.24, 2.45) is 0 Å². The molecule has 0 aromatic heterocycles. The molecule has 8 heavy (non-hydrogen) atoms. The van der Waals surface area contributed by atoms with Crippen LogP contribution in [0.5, 0.6) is 0 Å². The minimum absolute atomic E-state index is 0.910. The van der Waals surface area contributed by atoms with E-state index < -0.39 is 0 Å². The van der Waals surface area contributed by atoms with Crippen LogP contribution in [0.25, 0.3) is 0 Å². The average Bonchev–Trinajstić information content (AvgIpc) is 1.83. The number of unbranched alkanes of at least 4 members (excludes halogenated alkanes) is 1. The highest BCUT2D eigenvalue weighted by Crippen LogP contribution is 2.12. The summed E-state index contributed by atoms with van der Waals surface area (Å²) < 4.78 is 2.21. The molecule has 0 amide bonds. The van der Waals surface area contributed by atoms with E-state index in [2.05, 4.69) is 52.1 Å². The highest BCUT2D eigenvalue weighted by Gasteiger charge is 1.97. The van der Waals surface area contributed by atoms with Gasteiger partial charge in [0.2, 0.25) is 0 Å². The van der Waals surface area contributed by atoms with E-state index in [1.165, 1.54) is 23.7 Å². The van der Waals surface area contributed by atoms with Crippen molar-refractivity contribution in [3.05, 3.63) is 0 Å². The molecule has 0 nitrogen and oxygen atoms in total. The topological polar surface area (TPSA) is 0 Å². The molecule has 0 bridgehead atoms. The van der Waals surface area contributed by atoms with Gasteiger partial charge in [0.15, 0.2) is 0 Å². The molecule has 1 unspecified atom stereocenters. The summed E-state index contributed by atoms with van der Waals surface area (Å²) in [6.07, 6.45) is 4.15. The summed E-state index contributed by atoms with van der Waals surface area (Å²) in [7, 11) is 0. The van der Waals surface area contributed by atoms with Crippen LogP contribution in [0.3, 0.4) is 0 Å². The third-order valence-corrected chi connectivity index (χ3v) is 4.85. The first-order chi connectivity index (χ1) is 3.81. The normalized spacial score (nSPS) is 13.9. The fourth-order valence-corrected chi connectivity index (χ4v) is 1.38. The van der Waals surface area contributed by atoms with E-state index in [0.29, 0.717) is 0 Å². The standard InChI is InChI=1S/C6H12I2/c1-2-3-4-6(8)5-7/h6H,2-5H2,1H3. The van der Waals surface area contributed by atoms with E-state index in [9.17, 15) is 0 Å². The van der Waals surface area contributed by atoms with Crippen LogP contribution in [-0.2, 0) is 0 Å². The predicted octanol–water partition coefficient (Wildman–Crippen LogP) is 3.42. The van der Waals surface area contributed by atoms with E-state index in [1.807, 2.05) is 0 Å². The molecule has 0 aliphatic rings. The Hall–Kier alpha value is 1.46. The lowest BCUT2D eigenvalue weighted by atomic mass is 10.2. The number of halogens is 2. The van der Waals surface area contributed by atoms with Gasteiger partial charge in [-0.2, -0.15) is 0 Å². The van der Waals surface area contributed by atoms with Gasteiger partial charge in [0.1, 0.15) is 0 Å². The molecule has 50 valence electrons. The smallest absolute Gasteiger partial charge is 0.0199 e. The highest BCUT2D eigenvalue weighted by molar-refractivity contribution is 14.1. The highest BCUT2D eigenvalue weighted by atomic mass is 127. The van der Waals surface area contributed by atoms with Gasteiger partial charge in [-0.25, -0.2) is 0 Å². The fraction of sp³-hybridized carbons (Fsp3) is 1.00. The van der Waals surface area contributed by atoms with Gasteiger partial charge in [-0.15, -0.1) is 0 Å². The first kappa shape index (κ1) is 9.46. The molecular weight excluding hydrogens is 326 g/mol. The lowest BCUT2D eigenvalue weighted by molar-refractivity contribution is 0.733. The van der Waals surface area contributed by atoms with Crippen LogP contribution in [0.1, 0.15) is 26.2 Å². The molecule has 1 atom stereocenters. The zero-order valence-electron chi connectivity index (χ0n) is 5.16. The molecule has 0 saturated carbocycles. The minimum atomic E-state index is 0.910. The van der Waals surface area contributed by atoms with Crippen molar-refractivity contribution >= 4 is 45.2 Å². The van der Waals surface area contributed by atoms with Crippen LogP contribution in [0.2, 0.25) is 0 Å². The SMILES string of the molecule is CCCCC(I)CI. The average molecular weight is 338 g/mol. The molecular formula is C6H12I2. The third-order valence-electron chi connectivity index (χ3n) is 1.04. The Kier molecular flexibility index (Phi) is 7.78. The second-order valence-corrected chi connectivity index (χ2v) is 4.54. The van der Waals surface area contributed by atoms with Gasteiger partial charge in [0.25, 0.3) is 0 Å². The van der Waals surface area contributed by atoms with Crippen molar-refractivity contribution < 1.29 is 0 Å². The van der Waals surface area contributed by atoms with E-state index in [1.54, 1.807) is 0 Å². The molecule has 0 aliphatic heterocycles. The number of rotatable bonds is 4. The second kappa shape index (κ2) is 6.58. The molecule has 0 spiro atoms. The van der Waals surface area contributed by atoms with Gasteiger partial charge in [-0.1, -0.05) is 64.9 Å². The van der Waals surface area contributed by atoms with Crippen molar-refractivity contribution in [2.75, 3.05) is 4.43 Å². The van der Waals surface area contributed by atoms with Crippen LogP contribution in [0.4, 0.5) is 0 Å². The van der Waals surface area contributed by atoms with Crippen LogP contribution < -0.4 is 0 Å². The summed E-state index contributed by atoms with van der Waals surface area (Å²) >= 11 is 4.97. The second-order valence-electron chi connectivity index (χ2n) is 1.89. The summed E-state index contributed by atoms with van der Waals surface area (Å²) in [6, 6.07) is 0. The Morgan fingerprint density at radius 1 is 1.50 bits per heavy atom. The van der Waals surface area contributed by atoms with Crippen LogP contribution in [0, 0.1) is 0 Å². The van der Waals surface area contributed by atoms with E-state index >= 15 is 0 Å². The Balaban J connectivity index is 2.86. The predicted molar refractivity (Wildman–Crippen MR) is 56.2 cm³/mol. The van der Waals surface area contributed by atoms with Crippen molar-refractivity contribution in [1.29, 1.82) is 0 Å². The fourth-order valence-electron chi connectivity index (χ4n) is 0.503. The maximum absolute atomic E-state index is 2.52. The van der Waals surface area contributed by atoms with Crippen molar-refractivity contribution in [2.45, 2.75) is 30.1 Å². The van der Waals surface area contributed by atoms with E-state index in [-0.39, 0.29) is 0 Å². The molecule has 0 rings (SSSR count). The lowest BCUT2D eigenvalue weighted by Crippen LogP contribution is -1.96. The molecule has 2 heteroatoms. The quantitative estimate of drug-likeness (QED) is 0.544. The third kappa shape index (κ3) is 5.59. The maximum atomic E-state index is 2.52. The molecule has 0 radical (unpaired) electrons. The molecule has 0 aromatic carbocycles. The molecule has 0 saturated heterocycles. The van der Waals surface area contributed by atoms with Gasteiger partial charge in [0.05, 0.1) is 0 Å². The summed E-state index contributed by atoms with van der Waals surface area (Å²) in [5.74, 6) is 0. The van der Waals surface area contributed by atoms with Crippen molar-refractivity contribution in [1.82, 2.24) is 0 Å². The summed E-state index contributed by atoms with van der Waals surface area (Å²) in [5, 5.41) is 0. The molecule has 0 N–H and O–H groups in total. The largest absolute Gasteiger partial charge is 0.0852 e. The first-order valence-electron chi connectivity index (χ1n) is 3.01. The summed E-state index contributed by atoms with van der Waals surface area (Å²) in [6.45, 7) is 2.25. The Labute approximate surface area is 79.1 Å².